The highest BCUT2D eigenvalue weighted by atomic mass is 35.5. The summed E-state index contributed by atoms with van der Waals surface area (Å²) in [4.78, 5) is 20.5. The summed E-state index contributed by atoms with van der Waals surface area (Å²) in [5, 5.41) is 6.53. The van der Waals surface area contributed by atoms with E-state index in [0.29, 0.717) is 16.7 Å². The van der Waals surface area contributed by atoms with Crippen LogP contribution in [0.4, 0.5) is 11.6 Å². The Bertz CT molecular complexity index is 641. The molecule has 0 aliphatic rings. The van der Waals surface area contributed by atoms with E-state index in [2.05, 4.69) is 20.6 Å². The first-order valence-corrected chi connectivity index (χ1v) is 7.01. The molecule has 1 aromatic carbocycles. The van der Waals surface area contributed by atoms with E-state index in [-0.39, 0.29) is 11.9 Å². The fourth-order valence-electron chi connectivity index (χ4n) is 1.74. The normalized spacial score (nSPS) is 10.5. The van der Waals surface area contributed by atoms with Gasteiger partial charge in [-0.15, -0.1) is 0 Å². The number of halogens is 1. The van der Waals surface area contributed by atoms with Crippen molar-refractivity contribution in [1.29, 1.82) is 0 Å². The van der Waals surface area contributed by atoms with Crippen LogP contribution in [-0.2, 0) is 0 Å². The van der Waals surface area contributed by atoms with E-state index in [1.807, 2.05) is 32.9 Å². The molecule has 0 aliphatic heterocycles. The molecular formula is C15H17ClN4O. The highest BCUT2D eigenvalue weighted by Crippen LogP contribution is 2.17. The molecule has 0 radical (unpaired) electrons. The van der Waals surface area contributed by atoms with Crippen LogP contribution in [0, 0.1) is 6.92 Å². The number of aromatic nitrogens is 2. The molecule has 0 saturated carbocycles. The molecule has 5 nitrogen and oxygen atoms in total. The number of carbonyl (C=O) groups excluding carboxylic acids is 1. The summed E-state index contributed by atoms with van der Waals surface area (Å²) in [5.74, 6) is 0.167. The second-order valence-electron chi connectivity index (χ2n) is 4.98. The third-order valence-electron chi connectivity index (χ3n) is 2.61. The first-order chi connectivity index (χ1) is 9.94. The lowest BCUT2D eigenvalue weighted by atomic mass is 10.3. The van der Waals surface area contributed by atoms with Crippen molar-refractivity contribution in [3.63, 3.8) is 0 Å². The van der Waals surface area contributed by atoms with Gasteiger partial charge in [-0.3, -0.25) is 4.79 Å². The van der Waals surface area contributed by atoms with Gasteiger partial charge < -0.3 is 10.6 Å². The molecule has 0 aliphatic carbocycles. The number of aryl methyl sites for hydroxylation is 1. The van der Waals surface area contributed by atoms with Gasteiger partial charge in [0.25, 0.3) is 5.91 Å². The van der Waals surface area contributed by atoms with Gasteiger partial charge in [0.05, 0.1) is 0 Å². The molecular weight excluding hydrogens is 288 g/mol. The quantitative estimate of drug-likeness (QED) is 0.909. The van der Waals surface area contributed by atoms with Gasteiger partial charge in [0.15, 0.2) is 0 Å². The van der Waals surface area contributed by atoms with Gasteiger partial charge in [-0.2, -0.15) is 0 Å². The van der Waals surface area contributed by atoms with Crippen LogP contribution in [0.3, 0.4) is 0 Å². The molecule has 6 heteroatoms. The summed E-state index contributed by atoms with van der Waals surface area (Å²) in [6, 6.07) is 8.90. The second kappa shape index (κ2) is 6.54. The molecule has 0 fully saturated rings. The molecule has 0 spiro atoms. The van der Waals surface area contributed by atoms with Crippen LogP contribution in [0.25, 0.3) is 0 Å². The minimum absolute atomic E-state index is 0.0560. The molecule has 2 rings (SSSR count). The molecule has 1 heterocycles. The maximum atomic E-state index is 12.0. The Kier molecular flexibility index (Phi) is 4.75. The number of hydrogen-bond donors (Lipinski definition) is 2. The third-order valence-corrected chi connectivity index (χ3v) is 2.86. The fraction of sp³-hybridized carbons (Fsp3) is 0.267. The number of nitrogens with zero attached hydrogens (tertiary/aromatic N) is 2. The summed E-state index contributed by atoms with van der Waals surface area (Å²) in [7, 11) is 0. The van der Waals surface area contributed by atoms with E-state index in [9.17, 15) is 4.79 Å². The number of amides is 1. The largest absolute Gasteiger partial charge is 0.349 e. The number of anilines is 2. The highest BCUT2D eigenvalue weighted by Gasteiger charge is 2.11. The van der Waals surface area contributed by atoms with Crippen LogP contribution in [0.15, 0.2) is 30.3 Å². The lowest BCUT2D eigenvalue weighted by Crippen LogP contribution is -2.31. The van der Waals surface area contributed by atoms with Crippen molar-refractivity contribution in [1.82, 2.24) is 15.3 Å². The average molecular weight is 305 g/mol. The van der Waals surface area contributed by atoms with Crippen molar-refractivity contribution < 1.29 is 4.79 Å². The minimum atomic E-state index is -0.213. The van der Waals surface area contributed by atoms with Crippen molar-refractivity contribution in [3.05, 3.63) is 46.7 Å². The summed E-state index contributed by atoms with van der Waals surface area (Å²) >= 11 is 5.84. The smallest absolute Gasteiger partial charge is 0.270 e. The molecule has 0 unspecified atom stereocenters. The molecule has 1 aromatic heterocycles. The van der Waals surface area contributed by atoms with Crippen LogP contribution in [0.1, 0.15) is 30.0 Å². The first kappa shape index (κ1) is 15.3. The average Bonchev–Trinajstić information content (AvgIpc) is 2.40. The summed E-state index contributed by atoms with van der Waals surface area (Å²) < 4.78 is 0. The standard InChI is InChI=1S/C15H17ClN4O/c1-9(2)17-14(21)13-8-10(3)18-15(20-13)19-12-6-4-11(16)5-7-12/h4-9H,1-3H3,(H,17,21)(H,18,19,20). The van der Waals surface area contributed by atoms with E-state index < -0.39 is 0 Å². The molecule has 0 bridgehead atoms. The highest BCUT2D eigenvalue weighted by molar-refractivity contribution is 6.30. The van der Waals surface area contributed by atoms with Gasteiger partial charge in [-0.05, 0) is 51.1 Å². The maximum Gasteiger partial charge on any atom is 0.270 e. The van der Waals surface area contributed by atoms with Gasteiger partial charge in [0.2, 0.25) is 5.95 Å². The molecule has 2 aromatic rings. The predicted molar refractivity (Wildman–Crippen MR) is 84.1 cm³/mol. The summed E-state index contributed by atoms with van der Waals surface area (Å²) in [6.45, 7) is 5.62. The third kappa shape index (κ3) is 4.43. The van der Waals surface area contributed by atoms with E-state index in [1.54, 1.807) is 18.2 Å². The number of benzene rings is 1. The maximum absolute atomic E-state index is 12.0. The van der Waals surface area contributed by atoms with Gasteiger partial charge in [-0.25, -0.2) is 9.97 Å². The first-order valence-electron chi connectivity index (χ1n) is 6.63. The monoisotopic (exact) mass is 304 g/mol. The Balaban J connectivity index is 2.22. The zero-order valence-corrected chi connectivity index (χ0v) is 12.9. The van der Waals surface area contributed by atoms with Gasteiger partial charge in [0, 0.05) is 22.4 Å². The Labute approximate surface area is 128 Å². The Morgan fingerprint density at radius 2 is 1.86 bits per heavy atom. The Hall–Kier alpha value is -2.14. The number of rotatable bonds is 4. The van der Waals surface area contributed by atoms with E-state index >= 15 is 0 Å². The number of carbonyl (C=O) groups is 1. The molecule has 0 atom stereocenters. The van der Waals surface area contributed by atoms with Crippen LogP contribution in [-0.4, -0.2) is 21.9 Å². The van der Waals surface area contributed by atoms with Gasteiger partial charge in [0.1, 0.15) is 5.69 Å². The van der Waals surface area contributed by atoms with E-state index in [4.69, 9.17) is 11.6 Å². The van der Waals surface area contributed by atoms with E-state index in [0.717, 1.165) is 11.4 Å². The van der Waals surface area contributed by atoms with Crippen LogP contribution < -0.4 is 10.6 Å². The summed E-state index contributed by atoms with van der Waals surface area (Å²) in [5.41, 5.74) is 1.86. The lowest BCUT2D eigenvalue weighted by molar-refractivity contribution is 0.0938. The van der Waals surface area contributed by atoms with Crippen molar-refractivity contribution in [2.24, 2.45) is 0 Å². The topological polar surface area (TPSA) is 66.9 Å². The molecule has 1 amide bonds. The zero-order chi connectivity index (χ0) is 15.4. The molecule has 21 heavy (non-hydrogen) atoms. The van der Waals surface area contributed by atoms with Gasteiger partial charge >= 0.3 is 0 Å². The second-order valence-corrected chi connectivity index (χ2v) is 5.41. The summed E-state index contributed by atoms with van der Waals surface area (Å²) in [6.07, 6.45) is 0. The lowest BCUT2D eigenvalue weighted by Gasteiger charge is -2.10. The zero-order valence-electron chi connectivity index (χ0n) is 12.1. The van der Waals surface area contributed by atoms with E-state index in [1.165, 1.54) is 0 Å². The van der Waals surface area contributed by atoms with Crippen LogP contribution in [0.2, 0.25) is 5.02 Å². The van der Waals surface area contributed by atoms with Crippen molar-refractivity contribution >= 4 is 29.1 Å². The molecule has 0 saturated heterocycles. The number of hydrogen-bond acceptors (Lipinski definition) is 4. The van der Waals surface area contributed by atoms with Crippen LogP contribution >= 0.6 is 11.6 Å². The minimum Gasteiger partial charge on any atom is -0.349 e. The Morgan fingerprint density at radius 3 is 2.48 bits per heavy atom. The molecule has 2 N–H and O–H groups in total. The SMILES string of the molecule is Cc1cc(C(=O)NC(C)C)nc(Nc2ccc(Cl)cc2)n1. The van der Waals surface area contributed by atoms with Crippen molar-refractivity contribution in [3.8, 4) is 0 Å². The fourth-order valence-corrected chi connectivity index (χ4v) is 1.87. The number of nitrogens with one attached hydrogen (secondary N) is 2. The van der Waals surface area contributed by atoms with Crippen molar-refractivity contribution in [2.45, 2.75) is 26.8 Å². The predicted octanol–water partition coefficient (Wildman–Crippen LogP) is 3.32. The van der Waals surface area contributed by atoms with Gasteiger partial charge in [-0.1, -0.05) is 11.6 Å². The Morgan fingerprint density at radius 1 is 1.19 bits per heavy atom. The molecule has 110 valence electrons. The van der Waals surface area contributed by atoms with Crippen molar-refractivity contribution in [2.75, 3.05) is 5.32 Å². The van der Waals surface area contributed by atoms with Crippen LogP contribution in [0.5, 0.6) is 0 Å².